The zero-order valence-electron chi connectivity index (χ0n) is 13.2. The average Bonchev–Trinajstić information content (AvgIpc) is 2.56. The Bertz CT molecular complexity index is 742. The number of carbonyl (C=O) groups excluding carboxylic acids is 1. The Morgan fingerprint density at radius 3 is 2.48 bits per heavy atom. The van der Waals surface area contributed by atoms with Crippen LogP contribution in [0.4, 0.5) is 5.69 Å². The molecule has 2 aromatic rings. The number of nitrogen functional groups attached to an aromatic ring is 1. The van der Waals surface area contributed by atoms with Gasteiger partial charge >= 0.3 is 0 Å². The van der Waals surface area contributed by atoms with E-state index in [1.807, 2.05) is 31.2 Å². The quantitative estimate of drug-likeness (QED) is 0.530. The third kappa shape index (κ3) is 3.81. The highest BCUT2D eigenvalue weighted by molar-refractivity contribution is 6.33. The van der Waals surface area contributed by atoms with Gasteiger partial charge in [0, 0.05) is 7.05 Å². The minimum atomic E-state index is -0.321. The van der Waals surface area contributed by atoms with Crippen LogP contribution in [0.15, 0.2) is 47.6 Å². The Morgan fingerprint density at radius 2 is 1.87 bits per heavy atom. The Morgan fingerprint density at radius 1 is 1.22 bits per heavy atom. The number of hydrazone groups is 1. The molecule has 0 saturated heterocycles. The van der Waals surface area contributed by atoms with Crippen molar-refractivity contribution in [3.63, 3.8) is 0 Å². The second-order valence-electron chi connectivity index (χ2n) is 4.94. The maximum Gasteiger partial charge on any atom is 0.275 e. The lowest BCUT2D eigenvalue weighted by molar-refractivity contribution is 0.0800. The number of hydrogen-bond acceptors (Lipinski definition) is 4. The van der Waals surface area contributed by atoms with Crippen molar-refractivity contribution in [1.82, 2.24) is 5.01 Å². The molecule has 0 saturated carbocycles. The molecule has 0 unspecified atom stereocenters. The Labute approximate surface area is 140 Å². The summed E-state index contributed by atoms with van der Waals surface area (Å²) in [5.41, 5.74) is 8.02. The van der Waals surface area contributed by atoms with E-state index in [0.29, 0.717) is 16.3 Å². The number of para-hydroxylation sites is 1. The van der Waals surface area contributed by atoms with Gasteiger partial charge in [-0.15, -0.1) is 0 Å². The molecular formula is C17H18ClN3O2. The first kappa shape index (κ1) is 16.8. The topological polar surface area (TPSA) is 67.9 Å². The molecule has 0 aromatic heterocycles. The van der Waals surface area contributed by atoms with Crippen LogP contribution in [0, 0.1) is 0 Å². The normalized spacial score (nSPS) is 11.2. The standard InChI is InChI=1S/C17H18ClN3O2/c1-11(12-7-9-13(23-3)10-8-12)20-21(2)17(22)14-5-4-6-15(18)16(14)19/h4-10H,19H2,1-3H3/b20-11-. The second-order valence-corrected chi connectivity index (χ2v) is 5.35. The lowest BCUT2D eigenvalue weighted by Gasteiger charge is -2.15. The number of rotatable bonds is 4. The number of nitrogens with zero attached hydrogens (tertiary/aromatic N) is 2. The Kier molecular flexibility index (Phi) is 5.24. The van der Waals surface area contributed by atoms with Gasteiger partial charge in [-0.25, -0.2) is 5.01 Å². The molecule has 0 radical (unpaired) electrons. The molecule has 23 heavy (non-hydrogen) atoms. The maximum absolute atomic E-state index is 12.4. The minimum absolute atomic E-state index is 0.253. The first-order valence-corrected chi connectivity index (χ1v) is 7.33. The summed E-state index contributed by atoms with van der Waals surface area (Å²) < 4.78 is 5.12. The van der Waals surface area contributed by atoms with Crippen LogP contribution >= 0.6 is 11.6 Å². The molecule has 0 bridgehead atoms. The molecule has 6 heteroatoms. The molecule has 120 valence electrons. The van der Waals surface area contributed by atoms with Crippen molar-refractivity contribution < 1.29 is 9.53 Å². The summed E-state index contributed by atoms with van der Waals surface area (Å²) in [5.74, 6) is 0.440. The summed E-state index contributed by atoms with van der Waals surface area (Å²) in [6.45, 7) is 1.83. The van der Waals surface area contributed by atoms with E-state index >= 15 is 0 Å². The number of benzene rings is 2. The van der Waals surface area contributed by atoms with Crippen LogP contribution in [0.2, 0.25) is 5.02 Å². The number of anilines is 1. The molecular weight excluding hydrogens is 314 g/mol. The molecule has 2 aromatic carbocycles. The van der Waals surface area contributed by atoms with Gasteiger partial charge in [-0.3, -0.25) is 4.79 Å². The predicted octanol–water partition coefficient (Wildman–Crippen LogP) is 3.43. The van der Waals surface area contributed by atoms with Crippen LogP contribution in [-0.4, -0.2) is 30.8 Å². The molecule has 0 fully saturated rings. The number of carbonyl (C=O) groups is 1. The number of nitrogens with two attached hydrogens (primary N) is 1. The smallest absolute Gasteiger partial charge is 0.275 e. The highest BCUT2D eigenvalue weighted by atomic mass is 35.5. The van der Waals surface area contributed by atoms with Crippen LogP contribution < -0.4 is 10.5 Å². The first-order chi connectivity index (χ1) is 10.9. The van der Waals surface area contributed by atoms with Crippen LogP contribution in [0.25, 0.3) is 0 Å². The summed E-state index contributed by atoms with van der Waals surface area (Å²) in [7, 11) is 3.19. The van der Waals surface area contributed by atoms with E-state index in [2.05, 4.69) is 5.10 Å². The SMILES string of the molecule is COc1ccc(/C(C)=N\N(C)C(=O)c2cccc(Cl)c2N)cc1. The van der Waals surface area contributed by atoms with Gasteiger partial charge in [-0.1, -0.05) is 17.7 Å². The van der Waals surface area contributed by atoms with Crippen molar-refractivity contribution in [3.8, 4) is 5.75 Å². The summed E-state index contributed by atoms with van der Waals surface area (Å²) in [4.78, 5) is 12.4. The number of methoxy groups -OCH3 is 1. The lowest BCUT2D eigenvalue weighted by Crippen LogP contribution is -2.23. The fraction of sp³-hybridized carbons (Fsp3) is 0.176. The van der Waals surface area contributed by atoms with Crippen molar-refractivity contribution in [1.29, 1.82) is 0 Å². The Balaban J connectivity index is 2.23. The van der Waals surface area contributed by atoms with Crippen molar-refractivity contribution in [2.75, 3.05) is 19.9 Å². The molecule has 2 rings (SSSR count). The van der Waals surface area contributed by atoms with Gasteiger partial charge in [0.2, 0.25) is 0 Å². The zero-order chi connectivity index (χ0) is 17.0. The molecule has 1 amide bonds. The van der Waals surface area contributed by atoms with E-state index in [1.165, 1.54) is 5.01 Å². The highest BCUT2D eigenvalue weighted by Gasteiger charge is 2.16. The molecule has 5 nitrogen and oxygen atoms in total. The second kappa shape index (κ2) is 7.15. The fourth-order valence-corrected chi connectivity index (χ4v) is 2.23. The summed E-state index contributed by atoms with van der Waals surface area (Å²) in [6, 6.07) is 12.4. The zero-order valence-corrected chi connectivity index (χ0v) is 14.0. The van der Waals surface area contributed by atoms with Crippen LogP contribution in [0.5, 0.6) is 5.75 Å². The molecule has 0 atom stereocenters. The van der Waals surface area contributed by atoms with E-state index in [4.69, 9.17) is 22.1 Å². The maximum atomic E-state index is 12.4. The van der Waals surface area contributed by atoms with Crippen LogP contribution in [0.1, 0.15) is 22.8 Å². The fourth-order valence-electron chi connectivity index (χ4n) is 2.06. The van der Waals surface area contributed by atoms with E-state index in [9.17, 15) is 4.79 Å². The van der Waals surface area contributed by atoms with Crippen LogP contribution in [-0.2, 0) is 0 Å². The third-order valence-electron chi connectivity index (χ3n) is 3.39. The summed E-state index contributed by atoms with van der Waals surface area (Å²) in [6.07, 6.45) is 0. The third-order valence-corrected chi connectivity index (χ3v) is 3.71. The van der Waals surface area contributed by atoms with E-state index in [-0.39, 0.29) is 11.6 Å². The van der Waals surface area contributed by atoms with E-state index in [0.717, 1.165) is 11.3 Å². The highest BCUT2D eigenvalue weighted by Crippen LogP contribution is 2.23. The molecule has 0 spiro atoms. The monoisotopic (exact) mass is 331 g/mol. The van der Waals surface area contributed by atoms with Crippen molar-refractivity contribution in [3.05, 3.63) is 58.6 Å². The molecule has 0 aliphatic rings. The predicted molar refractivity (Wildman–Crippen MR) is 93.2 cm³/mol. The summed E-state index contributed by atoms with van der Waals surface area (Å²) >= 11 is 5.95. The van der Waals surface area contributed by atoms with Gasteiger partial charge in [-0.2, -0.15) is 5.10 Å². The molecule has 0 aliphatic carbocycles. The van der Waals surface area contributed by atoms with Gasteiger partial charge in [0.25, 0.3) is 5.91 Å². The van der Waals surface area contributed by atoms with Gasteiger partial charge < -0.3 is 10.5 Å². The van der Waals surface area contributed by atoms with Crippen molar-refractivity contribution in [2.45, 2.75) is 6.92 Å². The number of amides is 1. The largest absolute Gasteiger partial charge is 0.497 e. The van der Waals surface area contributed by atoms with Gasteiger partial charge in [0.1, 0.15) is 5.75 Å². The Hall–Kier alpha value is -2.53. The van der Waals surface area contributed by atoms with Gasteiger partial charge in [0.15, 0.2) is 0 Å². The minimum Gasteiger partial charge on any atom is -0.497 e. The average molecular weight is 332 g/mol. The molecule has 0 heterocycles. The summed E-state index contributed by atoms with van der Waals surface area (Å²) in [5, 5.41) is 5.91. The molecule has 2 N–H and O–H groups in total. The number of ether oxygens (including phenoxy) is 1. The molecule has 0 aliphatic heterocycles. The number of halogens is 1. The first-order valence-electron chi connectivity index (χ1n) is 6.95. The van der Waals surface area contributed by atoms with Crippen molar-refractivity contribution in [2.24, 2.45) is 5.10 Å². The lowest BCUT2D eigenvalue weighted by atomic mass is 10.1. The van der Waals surface area contributed by atoms with E-state index in [1.54, 1.807) is 32.4 Å². The van der Waals surface area contributed by atoms with Crippen molar-refractivity contribution >= 4 is 28.9 Å². The van der Waals surface area contributed by atoms with Gasteiger partial charge in [0.05, 0.1) is 29.1 Å². The number of hydrogen-bond donors (Lipinski definition) is 1. The van der Waals surface area contributed by atoms with Crippen LogP contribution in [0.3, 0.4) is 0 Å². The van der Waals surface area contributed by atoms with Gasteiger partial charge in [-0.05, 0) is 48.9 Å². The van der Waals surface area contributed by atoms with E-state index < -0.39 is 0 Å².